The molecule has 1 aromatic rings. The van der Waals surface area contributed by atoms with E-state index < -0.39 is 12.1 Å². The Hall–Kier alpha value is -1.99. The average Bonchev–Trinajstić information content (AvgIpc) is 2.34. The smallest absolute Gasteiger partial charge is 0.384 e. The molecule has 16 heavy (non-hydrogen) atoms. The minimum absolute atomic E-state index is 0.0435. The van der Waals surface area contributed by atoms with Crippen molar-refractivity contribution in [2.75, 3.05) is 13.2 Å². The van der Waals surface area contributed by atoms with Gasteiger partial charge in [0, 0.05) is 5.92 Å². The lowest BCUT2D eigenvalue weighted by Gasteiger charge is -2.11. The van der Waals surface area contributed by atoms with Crippen molar-refractivity contribution in [2.45, 2.75) is 6.10 Å². The first-order valence-corrected chi connectivity index (χ1v) is 4.71. The predicted molar refractivity (Wildman–Crippen MR) is 57.7 cm³/mol. The van der Waals surface area contributed by atoms with Gasteiger partial charge in [0.25, 0.3) is 0 Å². The lowest BCUT2D eigenvalue weighted by molar-refractivity contribution is -0.140. The van der Waals surface area contributed by atoms with Crippen LogP contribution in [0.5, 0.6) is 5.75 Å². The molecule has 4 nitrogen and oxygen atoms in total. The van der Waals surface area contributed by atoms with Gasteiger partial charge < -0.3 is 14.6 Å². The van der Waals surface area contributed by atoms with Gasteiger partial charge in [-0.25, -0.2) is 4.79 Å². The van der Waals surface area contributed by atoms with Gasteiger partial charge in [0.15, 0.2) is 0 Å². The summed E-state index contributed by atoms with van der Waals surface area (Å²) in [7, 11) is 0. The van der Waals surface area contributed by atoms with E-state index in [9.17, 15) is 9.90 Å². The zero-order chi connectivity index (χ0) is 11.8. The largest absolute Gasteiger partial charge is 0.491 e. The lowest BCUT2D eigenvalue weighted by Crippen LogP contribution is -2.24. The summed E-state index contributed by atoms with van der Waals surface area (Å²) in [6.07, 6.45) is 3.89. The average molecular weight is 220 g/mol. The highest BCUT2D eigenvalue weighted by Gasteiger charge is 2.07. The summed E-state index contributed by atoms with van der Waals surface area (Å²) in [6, 6.07) is 9.03. The number of ether oxygens (including phenoxy) is 2. The second-order valence-electron chi connectivity index (χ2n) is 3.02. The van der Waals surface area contributed by atoms with Crippen LogP contribution in [0.1, 0.15) is 0 Å². The van der Waals surface area contributed by atoms with Gasteiger partial charge in [-0.2, -0.15) is 0 Å². The third kappa shape index (κ3) is 4.49. The predicted octanol–water partition coefficient (Wildman–Crippen LogP) is 0.603. The van der Waals surface area contributed by atoms with E-state index in [2.05, 4.69) is 4.74 Å². The molecule has 0 fully saturated rings. The van der Waals surface area contributed by atoms with Crippen molar-refractivity contribution in [1.29, 1.82) is 0 Å². The van der Waals surface area contributed by atoms with Crippen LogP contribution in [0.3, 0.4) is 0 Å². The Morgan fingerprint density at radius 3 is 2.69 bits per heavy atom. The number of benzene rings is 1. The molecule has 0 aliphatic carbocycles. The Bertz CT molecular complexity index is 366. The van der Waals surface area contributed by atoms with E-state index >= 15 is 0 Å². The monoisotopic (exact) mass is 220 g/mol. The van der Waals surface area contributed by atoms with Gasteiger partial charge in [-0.1, -0.05) is 18.2 Å². The molecule has 0 saturated heterocycles. The van der Waals surface area contributed by atoms with E-state index in [-0.39, 0.29) is 13.2 Å². The summed E-state index contributed by atoms with van der Waals surface area (Å²) in [6.45, 7) is -0.127. The molecular weight excluding hydrogens is 208 g/mol. The van der Waals surface area contributed by atoms with Crippen LogP contribution in [0.2, 0.25) is 0 Å². The number of hydrogen-bond acceptors (Lipinski definition) is 4. The van der Waals surface area contributed by atoms with Crippen LogP contribution in [0.25, 0.3) is 0 Å². The van der Waals surface area contributed by atoms with E-state index in [1.165, 1.54) is 0 Å². The Morgan fingerprint density at radius 1 is 1.38 bits per heavy atom. The van der Waals surface area contributed by atoms with Crippen molar-refractivity contribution in [3.63, 3.8) is 0 Å². The molecule has 0 spiro atoms. The minimum atomic E-state index is -0.891. The molecule has 0 bridgehead atoms. The molecule has 1 rings (SSSR count). The normalized spacial score (nSPS) is 11.2. The summed E-state index contributed by atoms with van der Waals surface area (Å²) in [5.74, 6) is 1.63. The number of esters is 1. The number of para-hydroxylation sites is 1. The molecule has 0 aromatic heterocycles. The van der Waals surface area contributed by atoms with Crippen LogP contribution in [0.15, 0.2) is 30.3 Å². The third-order valence-electron chi connectivity index (χ3n) is 1.71. The first-order chi connectivity index (χ1) is 7.72. The van der Waals surface area contributed by atoms with Crippen LogP contribution < -0.4 is 4.74 Å². The molecule has 1 atom stereocenters. The second kappa shape index (κ2) is 6.49. The molecule has 0 amide bonds. The van der Waals surface area contributed by atoms with Gasteiger partial charge in [0.1, 0.15) is 25.1 Å². The van der Waals surface area contributed by atoms with E-state index in [0.717, 1.165) is 0 Å². The van der Waals surface area contributed by atoms with Crippen LogP contribution in [-0.4, -0.2) is 30.4 Å². The quantitative estimate of drug-likeness (QED) is 0.448. The van der Waals surface area contributed by atoms with E-state index in [1.807, 2.05) is 18.2 Å². The van der Waals surface area contributed by atoms with Gasteiger partial charge in [0.05, 0.1) is 0 Å². The Morgan fingerprint density at radius 2 is 2.06 bits per heavy atom. The minimum Gasteiger partial charge on any atom is -0.491 e. The molecule has 0 radical (unpaired) electrons. The zero-order valence-electron chi connectivity index (χ0n) is 8.63. The summed E-state index contributed by atoms with van der Waals surface area (Å²) < 4.78 is 9.78. The highest BCUT2D eigenvalue weighted by molar-refractivity contribution is 5.87. The summed E-state index contributed by atoms with van der Waals surface area (Å²) in [5, 5.41) is 9.38. The molecule has 1 N–H and O–H groups in total. The van der Waals surface area contributed by atoms with E-state index in [4.69, 9.17) is 11.2 Å². The van der Waals surface area contributed by atoms with Crippen molar-refractivity contribution in [3.8, 4) is 18.1 Å². The Kier molecular flexibility index (Phi) is 4.90. The van der Waals surface area contributed by atoms with E-state index in [1.54, 1.807) is 18.1 Å². The highest BCUT2D eigenvalue weighted by atomic mass is 16.5. The Labute approximate surface area is 93.8 Å². The SMILES string of the molecule is C#CC(=O)OCC(O)COc1ccccc1. The maximum absolute atomic E-state index is 10.6. The summed E-state index contributed by atoms with van der Waals surface area (Å²) in [5.41, 5.74) is 0. The lowest BCUT2D eigenvalue weighted by atomic mass is 10.3. The number of rotatable bonds is 5. The van der Waals surface area contributed by atoms with Gasteiger partial charge >= 0.3 is 5.97 Å². The van der Waals surface area contributed by atoms with Crippen molar-refractivity contribution in [2.24, 2.45) is 0 Å². The highest BCUT2D eigenvalue weighted by Crippen LogP contribution is 2.08. The number of carbonyl (C=O) groups is 1. The van der Waals surface area contributed by atoms with Crippen LogP contribution in [-0.2, 0) is 9.53 Å². The first kappa shape index (κ1) is 12.1. The van der Waals surface area contributed by atoms with E-state index in [0.29, 0.717) is 5.75 Å². The third-order valence-corrected chi connectivity index (χ3v) is 1.71. The summed E-state index contributed by atoms with van der Waals surface area (Å²) >= 11 is 0. The number of aliphatic hydroxyl groups is 1. The number of carbonyl (C=O) groups excluding carboxylic acids is 1. The molecule has 0 aliphatic rings. The topological polar surface area (TPSA) is 55.8 Å². The summed E-state index contributed by atoms with van der Waals surface area (Å²) in [4.78, 5) is 10.6. The van der Waals surface area contributed by atoms with Crippen molar-refractivity contribution < 1.29 is 19.4 Å². The van der Waals surface area contributed by atoms with Crippen molar-refractivity contribution in [3.05, 3.63) is 30.3 Å². The fraction of sp³-hybridized carbons (Fsp3) is 0.250. The fourth-order valence-corrected chi connectivity index (χ4v) is 0.971. The van der Waals surface area contributed by atoms with Gasteiger partial charge in [-0.05, 0) is 12.1 Å². The molecule has 0 aliphatic heterocycles. The van der Waals surface area contributed by atoms with Gasteiger partial charge in [-0.15, -0.1) is 6.42 Å². The molecule has 1 unspecified atom stereocenters. The fourth-order valence-electron chi connectivity index (χ4n) is 0.971. The zero-order valence-corrected chi connectivity index (χ0v) is 8.63. The van der Waals surface area contributed by atoms with Crippen molar-refractivity contribution in [1.82, 2.24) is 0 Å². The van der Waals surface area contributed by atoms with Gasteiger partial charge in [-0.3, -0.25) is 0 Å². The maximum atomic E-state index is 10.6. The molecule has 0 saturated carbocycles. The van der Waals surface area contributed by atoms with Crippen LogP contribution in [0, 0.1) is 12.3 Å². The van der Waals surface area contributed by atoms with Crippen molar-refractivity contribution >= 4 is 5.97 Å². The molecular formula is C12H12O4. The molecule has 84 valence electrons. The Balaban J connectivity index is 2.23. The number of aliphatic hydroxyl groups excluding tert-OH is 1. The van der Waals surface area contributed by atoms with Crippen LogP contribution in [0.4, 0.5) is 0 Å². The van der Waals surface area contributed by atoms with Crippen LogP contribution >= 0.6 is 0 Å². The molecule has 0 heterocycles. The molecule has 4 heteroatoms. The standard InChI is InChI=1S/C12H12O4/c1-2-12(14)16-9-10(13)8-15-11-6-4-3-5-7-11/h1,3-7,10,13H,8-9H2. The number of hydrogen-bond donors (Lipinski definition) is 1. The molecule has 1 aromatic carbocycles. The first-order valence-electron chi connectivity index (χ1n) is 4.71. The number of terminal acetylenes is 1. The maximum Gasteiger partial charge on any atom is 0.384 e. The van der Waals surface area contributed by atoms with Gasteiger partial charge in [0.2, 0.25) is 0 Å². The second-order valence-corrected chi connectivity index (χ2v) is 3.02.